The molecule has 118 valence electrons. The Hall–Kier alpha value is -1.55. The Kier molecular flexibility index (Phi) is 8.51. The molecule has 0 unspecified atom stereocenters. The lowest BCUT2D eigenvalue weighted by molar-refractivity contribution is -0.121. The summed E-state index contributed by atoms with van der Waals surface area (Å²) in [5.74, 6) is 1.05. The van der Waals surface area contributed by atoms with E-state index in [9.17, 15) is 4.79 Å². The van der Waals surface area contributed by atoms with Gasteiger partial charge in [-0.05, 0) is 64.0 Å². The summed E-state index contributed by atoms with van der Waals surface area (Å²) in [5, 5.41) is 2.97. The standard InChI is InChI=1S/C17H28N2O2/c1-19(2)14-6-13-18-17(20)8-5-4-7-15-9-11-16(21-3)12-10-15/h9-12H,4-8,13-14H2,1-3H3,(H,18,20). The SMILES string of the molecule is COc1ccc(CCCCC(=O)NCCCN(C)C)cc1. The number of hydrogen-bond donors (Lipinski definition) is 1. The van der Waals surface area contributed by atoms with E-state index in [1.54, 1.807) is 7.11 Å². The molecule has 1 amide bonds. The van der Waals surface area contributed by atoms with Gasteiger partial charge in [0.15, 0.2) is 0 Å². The van der Waals surface area contributed by atoms with Gasteiger partial charge in [0, 0.05) is 13.0 Å². The summed E-state index contributed by atoms with van der Waals surface area (Å²) in [6.07, 6.45) is 4.61. The van der Waals surface area contributed by atoms with Crippen molar-refractivity contribution < 1.29 is 9.53 Å². The van der Waals surface area contributed by atoms with E-state index in [4.69, 9.17) is 4.74 Å². The second kappa shape index (κ2) is 10.2. The fraction of sp³-hybridized carbons (Fsp3) is 0.588. The molecule has 1 rings (SSSR count). The molecule has 1 N–H and O–H groups in total. The molecule has 0 saturated heterocycles. The number of benzene rings is 1. The Morgan fingerprint density at radius 1 is 1.14 bits per heavy atom. The zero-order valence-corrected chi connectivity index (χ0v) is 13.5. The molecule has 0 spiro atoms. The molecule has 1 aromatic rings. The highest BCUT2D eigenvalue weighted by atomic mass is 16.5. The number of aryl methyl sites for hydroxylation is 1. The van der Waals surface area contributed by atoms with E-state index in [1.807, 2.05) is 26.2 Å². The van der Waals surface area contributed by atoms with Crippen molar-refractivity contribution in [1.82, 2.24) is 10.2 Å². The van der Waals surface area contributed by atoms with Crippen molar-refractivity contribution in [2.45, 2.75) is 32.1 Å². The van der Waals surface area contributed by atoms with Crippen LogP contribution in [0, 0.1) is 0 Å². The van der Waals surface area contributed by atoms with Crippen LogP contribution >= 0.6 is 0 Å². The summed E-state index contributed by atoms with van der Waals surface area (Å²) in [7, 11) is 5.76. The molecule has 0 saturated carbocycles. The Morgan fingerprint density at radius 2 is 1.86 bits per heavy atom. The van der Waals surface area contributed by atoms with Gasteiger partial charge in [-0.15, -0.1) is 0 Å². The lowest BCUT2D eigenvalue weighted by atomic mass is 10.1. The van der Waals surface area contributed by atoms with Gasteiger partial charge in [0.1, 0.15) is 5.75 Å². The Balaban J connectivity index is 2.06. The molecule has 4 nitrogen and oxygen atoms in total. The van der Waals surface area contributed by atoms with E-state index in [0.717, 1.165) is 44.5 Å². The fourth-order valence-corrected chi connectivity index (χ4v) is 2.12. The van der Waals surface area contributed by atoms with Crippen LogP contribution in [0.25, 0.3) is 0 Å². The predicted molar refractivity (Wildman–Crippen MR) is 86.7 cm³/mol. The molecule has 0 radical (unpaired) electrons. The van der Waals surface area contributed by atoms with Crippen molar-refractivity contribution >= 4 is 5.91 Å². The topological polar surface area (TPSA) is 41.6 Å². The van der Waals surface area contributed by atoms with Gasteiger partial charge in [-0.3, -0.25) is 4.79 Å². The van der Waals surface area contributed by atoms with E-state index in [-0.39, 0.29) is 5.91 Å². The van der Waals surface area contributed by atoms with Crippen molar-refractivity contribution in [2.75, 3.05) is 34.3 Å². The molecule has 1 aromatic carbocycles. The molecule has 0 aliphatic heterocycles. The van der Waals surface area contributed by atoms with Crippen LogP contribution in [0.15, 0.2) is 24.3 Å². The second-order valence-electron chi connectivity index (χ2n) is 5.56. The lowest BCUT2D eigenvalue weighted by Gasteiger charge is -2.09. The molecule has 21 heavy (non-hydrogen) atoms. The molecular weight excluding hydrogens is 264 g/mol. The number of unbranched alkanes of at least 4 members (excludes halogenated alkanes) is 1. The van der Waals surface area contributed by atoms with Gasteiger partial charge in [0.05, 0.1) is 7.11 Å². The fourth-order valence-electron chi connectivity index (χ4n) is 2.12. The predicted octanol–water partition coefficient (Wildman–Crippen LogP) is 2.48. The Labute approximate surface area is 128 Å². The van der Waals surface area contributed by atoms with Crippen molar-refractivity contribution in [3.8, 4) is 5.75 Å². The molecule has 0 fully saturated rings. The molecule has 0 heterocycles. The molecule has 0 atom stereocenters. The van der Waals surface area contributed by atoms with Crippen LogP contribution in [0.1, 0.15) is 31.2 Å². The normalized spacial score (nSPS) is 10.7. The van der Waals surface area contributed by atoms with Crippen LogP contribution in [0.5, 0.6) is 5.75 Å². The second-order valence-corrected chi connectivity index (χ2v) is 5.56. The highest BCUT2D eigenvalue weighted by Gasteiger charge is 2.01. The number of nitrogens with zero attached hydrogens (tertiary/aromatic N) is 1. The van der Waals surface area contributed by atoms with E-state index in [2.05, 4.69) is 22.3 Å². The third kappa shape index (κ3) is 8.35. The molecule has 0 aliphatic carbocycles. The summed E-state index contributed by atoms with van der Waals surface area (Å²) in [6, 6.07) is 8.12. The zero-order valence-electron chi connectivity index (χ0n) is 13.5. The summed E-state index contributed by atoms with van der Waals surface area (Å²) in [6.45, 7) is 1.78. The van der Waals surface area contributed by atoms with Crippen molar-refractivity contribution in [2.24, 2.45) is 0 Å². The van der Waals surface area contributed by atoms with Gasteiger partial charge in [0.2, 0.25) is 5.91 Å². The number of nitrogens with one attached hydrogen (secondary N) is 1. The summed E-state index contributed by atoms with van der Waals surface area (Å²) in [5.41, 5.74) is 1.29. The average molecular weight is 292 g/mol. The van der Waals surface area contributed by atoms with Crippen LogP contribution in [0.4, 0.5) is 0 Å². The minimum atomic E-state index is 0.170. The number of carbonyl (C=O) groups is 1. The van der Waals surface area contributed by atoms with Crippen LogP contribution in [-0.2, 0) is 11.2 Å². The summed E-state index contributed by atoms with van der Waals surface area (Å²) < 4.78 is 5.13. The van der Waals surface area contributed by atoms with Crippen molar-refractivity contribution in [3.05, 3.63) is 29.8 Å². The first-order valence-corrected chi connectivity index (χ1v) is 7.66. The molecule has 0 aliphatic rings. The highest BCUT2D eigenvalue weighted by Crippen LogP contribution is 2.13. The minimum Gasteiger partial charge on any atom is -0.497 e. The van der Waals surface area contributed by atoms with Gasteiger partial charge in [-0.25, -0.2) is 0 Å². The number of ether oxygens (including phenoxy) is 1. The van der Waals surface area contributed by atoms with Crippen LogP contribution in [0.3, 0.4) is 0 Å². The molecule has 0 aromatic heterocycles. The monoisotopic (exact) mass is 292 g/mol. The van der Waals surface area contributed by atoms with Crippen LogP contribution in [-0.4, -0.2) is 45.1 Å². The van der Waals surface area contributed by atoms with E-state index >= 15 is 0 Å². The molecule has 0 bridgehead atoms. The molecular formula is C17H28N2O2. The Bertz CT molecular complexity index is 402. The summed E-state index contributed by atoms with van der Waals surface area (Å²) >= 11 is 0. The maximum absolute atomic E-state index is 11.6. The van der Waals surface area contributed by atoms with Gasteiger partial charge in [-0.2, -0.15) is 0 Å². The summed E-state index contributed by atoms with van der Waals surface area (Å²) in [4.78, 5) is 13.8. The first-order valence-electron chi connectivity index (χ1n) is 7.66. The van der Waals surface area contributed by atoms with Gasteiger partial charge < -0.3 is 15.0 Å². The van der Waals surface area contributed by atoms with Gasteiger partial charge in [0.25, 0.3) is 0 Å². The minimum absolute atomic E-state index is 0.170. The van der Waals surface area contributed by atoms with Crippen LogP contribution < -0.4 is 10.1 Å². The lowest BCUT2D eigenvalue weighted by Crippen LogP contribution is -2.26. The third-order valence-corrected chi connectivity index (χ3v) is 3.38. The van der Waals surface area contributed by atoms with Crippen molar-refractivity contribution in [1.29, 1.82) is 0 Å². The number of methoxy groups -OCH3 is 1. The van der Waals surface area contributed by atoms with Gasteiger partial charge >= 0.3 is 0 Å². The maximum Gasteiger partial charge on any atom is 0.219 e. The first-order chi connectivity index (χ1) is 10.1. The van der Waals surface area contributed by atoms with E-state index in [0.29, 0.717) is 6.42 Å². The Morgan fingerprint density at radius 3 is 2.48 bits per heavy atom. The van der Waals surface area contributed by atoms with Crippen LogP contribution in [0.2, 0.25) is 0 Å². The zero-order chi connectivity index (χ0) is 15.5. The van der Waals surface area contributed by atoms with Crippen molar-refractivity contribution in [3.63, 3.8) is 0 Å². The van der Waals surface area contributed by atoms with E-state index in [1.165, 1.54) is 5.56 Å². The largest absolute Gasteiger partial charge is 0.497 e. The third-order valence-electron chi connectivity index (χ3n) is 3.38. The highest BCUT2D eigenvalue weighted by molar-refractivity contribution is 5.75. The quantitative estimate of drug-likeness (QED) is 0.674. The average Bonchev–Trinajstić information content (AvgIpc) is 2.48. The smallest absolute Gasteiger partial charge is 0.219 e. The first kappa shape index (κ1) is 17.5. The number of hydrogen-bond acceptors (Lipinski definition) is 3. The van der Waals surface area contributed by atoms with Gasteiger partial charge in [-0.1, -0.05) is 12.1 Å². The van der Waals surface area contributed by atoms with E-state index < -0.39 is 0 Å². The number of rotatable bonds is 10. The number of carbonyl (C=O) groups excluding carboxylic acids is 1. The molecule has 4 heteroatoms. The number of amides is 1. The maximum atomic E-state index is 11.6.